The molecule has 0 amide bonds. The summed E-state index contributed by atoms with van der Waals surface area (Å²) in [6.07, 6.45) is 0.771. The molecular weight excluding hydrogens is 295 g/mol. The number of halogens is 1. The van der Waals surface area contributed by atoms with Gasteiger partial charge in [-0.05, 0) is 32.1 Å². The third-order valence-electron chi connectivity index (χ3n) is 3.60. The third kappa shape index (κ3) is 7.83. The number of hydrogen-bond acceptors (Lipinski definition) is 3. The van der Waals surface area contributed by atoms with Gasteiger partial charge in [0, 0.05) is 26.2 Å². The first-order valence-corrected chi connectivity index (χ1v) is 8.14. The van der Waals surface area contributed by atoms with Crippen LogP contribution in [0.5, 0.6) is 5.75 Å². The van der Waals surface area contributed by atoms with E-state index >= 15 is 0 Å². The zero-order valence-corrected chi connectivity index (χ0v) is 14.6. The third-order valence-corrected chi connectivity index (χ3v) is 3.60. The van der Waals surface area contributed by atoms with Gasteiger partial charge in [0.15, 0.2) is 5.96 Å². The molecule has 0 aliphatic heterocycles. The van der Waals surface area contributed by atoms with E-state index < -0.39 is 0 Å². The van der Waals surface area contributed by atoms with Crippen LogP contribution in [-0.4, -0.2) is 57.2 Å². The maximum absolute atomic E-state index is 13.2. The monoisotopic (exact) mass is 324 g/mol. The maximum atomic E-state index is 13.2. The Labute approximate surface area is 138 Å². The van der Waals surface area contributed by atoms with E-state index in [9.17, 15) is 4.39 Å². The summed E-state index contributed by atoms with van der Waals surface area (Å²) in [6.45, 7) is 7.57. The normalized spacial score (nSPS) is 13.0. The van der Waals surface area contributed by atoms with Crippen molar-refractivity contribution in [2.75, 3.05) is 40.3 Å². The van der Waals surface area contributed by atoms with Crippen LogP contribution in [-0.2, 0) is 0 Å². The van der Waals surface area contributed by atoms with Gasteiger partial charge in [-0.25, -0.2) is 4.39 Å². The number of aliphatic imine (C=N–C) groups is 1. The summed E-state index contributed by atoms with van der Waals surface area (Å²) in [5.41, 5.74) is 0. The molecule has 0 spiro atoms. The molecule has 0 saturated heterocycles. The second-order valence-electron chi connectivity index (χ2n) is 5.38. The SMILES string of the molecule is CCC(CNC(=NC)NCCN(C)CC)Oc1cccc(F)c1. The summed E-state index contributed by atoms with van der Waals surface area (Å²) in [5.74, 6) is 1.00. The number of nitrogens with one attached hydrogen (secondary N) is 2. The summed E-state index contributed by atoms with van der Waals surface area (Å²) in [7, 11) is 3.82. The molecule has 0 saturated carbocycles. The van der Waals surface area contributed by atoms with Crippen molar-refractivity contribution in [2.24, 2.45) is 4.99 Å². The molecule has 1 rings (SSSR count). The molecule has 1 atom stereocenters. The molecule has 0 fully saturated rings. The number of likely N-dealkylation sites (N-methyl/N-ethyl adjacent to an activating group) is 1. The summed E-state index contributed by atoms with van der Waals surface area (Å²) < 4.78 is 19.0. The highest BCUT2D eigenvalue weighted by Gasteiger charge is 2.10. The Balaban J connectivity index is 2.39. The van der Waals surface area contributed by atoms with E-state index in [0.717, 1.165) is 32.0 Å². The fourth-order valence-electron chi connectivity index (χ4n) is 1.96. The van der Waals surface area contributed by atoms with Crippen LogP contribution in [0.3, 0.4) is 0 Å². The number of ether oxygens (including phenoxy) is 1. The van der Waals surface area contributed by atoms with Gasteiger partial charge in [0.1, 0.15) is 17.7 Å². The Morgan fingerprint density at radius 2 is 2.13 bits per heavy atom. The van der Waals surface area contributed by atoms with Gasteiger partial charge in [0.2, 0.25) is 0 Å². The molecular formula is C17H29FN4O. The number of nitrogens with zero attached hydrogens (tertiary/aromatic N) is 2. The highest BCUT2D eigenvalue weighted by molar-refractivity contribution is 5.79. The first-order chi connectivity index (χ1) is 11.1. The van der Waals surface area contributed by atoms with E-state index in [-0.39, 0.29) is 11.9 Å². The van der Waals surface area contributed by atoms with Crippen LogP contribution in [0.4, 0.5) is 4.39 Å². The van der Waals surface area contributed by atoms with Crippen molar-refractivity contribution in [3.8, 4) is 5.75 Å². The second-order valence-corrected chi connectivity index (χ2v) is 5.38. The lowest BCUT2D eigenvalue weighted by Crippen LogP contribution is -2.44. The Bertz CT molecular complexity index is 481. The van der Waals surface area contributed by atoms with Gasteiger partial charge in [-0.15, -0.1) is 0 Å². The van der Waals surface area contributed by atoms with Crippen molar-refractivity contribution < 1.29 is 9.13 Å². The van der Waals surface area contributed by atoms with Crippen LogP contribution < -0.4 is 15.4 Å². The Morgan fingerprint density at radius 1 is 1.35 bits per heavy atom. The molecule has 130 valence electrons. The van der Waals surface area contributed by atoms with E-state index in [4.69, 9.17) is 4.74 Å². The maximum Gasteiger partial charge on any atom is 0.191 e. The molecule has 0 aromatic heterocycles. The van der Waals surface area contributed by atoms with Crippen LogP contribution in [0.2, 0.25) is 0 Å². The van der Waals surface area contributed by atoms with Gasteiger partial charge in [-0.1, -0.05) is 19.9 Å². The molecule has 6 heteroatoms. The molecule has 0 radical (unpaired) electrons. The van der Waals surface area contributed by atoms with Gasteiger partial charge in [-0.2, -0.15) is 0 Å². The van der Waals surface area contributed by atoms with E-state index in [1.165, 1.54) is 12.1 Å². The molecule has 0 bridgehead atoms. The largest absolute Gasteiger partial charge is 0.489 e. The van der Waals surface area contributed by atoms with Crippen LogP contribution in [0.15, 0.2) is 29.3 Å². The van der Waals surface area contributed by atoms with Gasteiger partial charge in [0.25, 0.3) is 0 Å². The van der Waals surface area contributed by atoms with Crippen molar-refractivity contribution in [1.82, 2.24) is 15.5 Å². The summed E-state index contributed by atoms with van der Waals surface area (Å²) in [4.78, 5) is 6.42. The number of hydrogen-bond donors (Lipinski definition) is 2. The number of guanidine groups is 1. The van der Waals surface area contributed by atoms with Gasteiger partial charge < -0.3 is 20.3 Å². The fraction of sp³-hybridized carbons (Fsp3) is 0.588. The predicted octanol–water partition coefficient (Wildman–Crippen LogP) is 2.10. The zero-order chi connectivity index (χ0) is 17.1. The summed E-state index contributed by atoms with van der Waals surface area (Å²) in [5, 5.41) is 6.52. The number of rotatable bonds is 9. The van der Waals surface area contributed by atoms with Crippen molar-refractivity contribution >= 4 is 5.96 Å². The Kier molecular flexibility index (Phi) is 9.05. The lowest BCUT2D eigenvalue weighted by atomic mass is 10.2. The molecule has 0 heterocycles. The molecule has 5 nitrogen and oxygen atoms in total. The lowest BCUT2D eigenvalue weighted by molar-refractivity contribution is 0.198. The summed E-state index contributed by atoms with van der Waals surface area (Å²) in [6, 6.07) is 6.22. The van der Waals surface area contributed by atoms with Gasteiger partial charge in [0.05, 0.1) is 6.54 Å². The first kappa shape index (κ1) is 19.2. The smallest absolute Gasteiger partial charge is 0.191 e. The molecule has 1 aromatic rings. The standard InChI is InChI=1S/C17H29FN4O/c1-5-15(23-16-9-7-8-14(18)12-16)13-21-17(19-3)20-10-11-22(4)6-2/h7-9,12,15H,5-6,10-11,13H2,1-4H3,(H2,19,20,21). The Hall–Kier alpha value is -1.82. The van der Waals surface area contributed by atoms with Crippen molar-refractivity contribution in [3.63, 3.8) is 0 Å². The lowest BCUT2D eigenvalue weighted by Gasteiger charge is -2.20. The van der Waals surface area contributed by atoms with Crippen molar-refractivity contribution in [1.29, 1.82) is 0 Å². The second kappa shape index (κ2) is 10.8. The Morgan fingerprint density at radius 3 is 2.74 bits per heavy atom. The quantitative estimate of drug-likeness (QED) is 0.539. The predicted molar refractivity (Wildman–Crippen MR) is 93.6 cm³/mol. The van der Waals surface area contributed by atoms with Crippen LogP contribution in [0, 0.1) is 5.82 Å². The highest BCUT2D eigenvalue weighted by atomic mass is 19.1. The van der Waals surface area contributed by atoms with E-state index in [1.807, 2.05) is 6.92 Å². The number of benzene rings is 1. The minimum absolute atomic E-state index is 0.0475. The van der Waals surface area contributed by atoms with Crippen LogP contribution in [0.1, 0.15) is 20.3 Å². The fourth-order valence-corrected chi connectivity index (χ4v) is 1.96. The van der Waals surface area contributed by atoms with E-state index in [0.29, 0.717) is 12.3 Å². The first-order valence-electron chi connectivity index (χ1n) is 8.14. The minimum Gasteiger partial charge on any atom is -0.489 e. The molecule has 1 aromatic carbocycles. The van der Waals surface area contributed by atoms with Gasteiger partial charge >= 0.3 is 0 Å². The van der Waals surface area contributed by atoms with Crippen LogP contribution >= 0.6 is 0 Å². The average Bonchev–Trinajstić information content (AvgIpc) is 2.56. The zero-order valence-electron chi connectivity index (χ0n) is 14.6. The van der Waals surface area contributed by atoms with Gasteiger partial charge in [-0.3, -0.25) is 4.99 Å². The van der Waals surface area contributed by atoms with Crippen molar-refractivity contribution in [3.05, 3.63) is 30.1 Å². The molecule has 0 aliphatic carbocycles. The minimum atomic E-state index is -0.289. The molecule has 23 heavy (non-hydrogen) atoms. The average molecular weight is 324 g/mol. The van der Waals surface area contributed by atoms with Crippen LogP contribution in [0.25, 0.3) is 0 Å². The van der Waals surface area contributed by atoms with Crippen molar-refractivity contribution in [2.45, 2.75) is 26.4 Å². The molecule has 1 unspecified atom stereocenters. The topological polar surface area (TPSA) is 48.9 Å². The molecule has 0 aliphatic rings. The van der Waals surface area contributed by atoms with E-state index in [1.54, 1.807) is 19.2 Å². The van der Waals surface area contributed by atoms with E-state index in [2.05, 4.69) is 34.5 Å². The molecule has 2 N–H and O–H groups in total. The summed E-state index contributed by atoms with van der Waals surface area (Å²) >= 11 is 0. The highest BCUT2D eigenvalue weighted by Crippen LogP contribution is 2.14.